The van der Waals surface area contributed by atoms with Gasteiger partial charge in [-0.15, -0.1) is 0 Å². The second kappa shape index (κ2) is 5.96. The van der Waals surface area contributed by atoms with Crippen LogP contribution in [0.4, 0.5) is 11.4 Å². The minimum Gasteiger partial charge on any atom is -0.372 e. The number of benzene rings is 1. The minimum absolute atomic E-state index is 0.239. The predicted molar refractivity (Wildman–Crippen MR) is 80.5 cm³/mol. The van der Waals surface area contributed by atoms with Crippen LogP contribution in [-0.2, 0) is 4.79 Å². The summed E-state index contributed by atoms with van der Waals surface area (Å²) in [6, 6.07) is 9.94. The zero-order valence-corrected chi connectivity index (χ0v) is 12.1. The van der Waals surface area contributed by atoms with Crippen molar-refractivity contribution in [2.75, 3.05) is 23.3 Å². The molecule has 1 fully saturated rings. The second-order valence-corrected chi connectivity index (χ2v) is 5.49. The van der Waals surface area contributed by atoms with Crippen molar-refractivity contribution in [3.8, 4) is 6.07 Å². The number of nitrogens with one attached hydrogen (secondary N) is 1. The third kappa shape index (κ3) is 2.93. The summed E-state index contributed by atoms with van der Waals surface area (Å²) >= 11 is 0. The largest absolute Gasteiger partial charge is 0.372 e. The third-order valence-electron chi connectivity index (χ3n) is 4.05. The molecule has 0 saturated carbocycles. The monoisotopic (exact) mass is 271 g/mol. The fraction of sp³-hybridized carbons (Fsp3) is 0.500. The Kier molecular flexibility index (Phi) is 4.29. The van der Waals surface area contributed by atoms with Gasteiger partial charge in [-0.05, 0) is 50.5 Å². The summed E-state index contributed by atoms with van der Waals surface area (Å²) < 4.78 is 0. The normalized spacial score (nSPS) is 17.4. The SMILES string of the molecule is CCC(C)(C#N)C(=O)Nc1ccc(N2CCCC2)cc1. The lowest BCUT2D eigenvalue weighted by atomic mass is 9.88. The summed E-state index contributed by atoms with van der Waals surface area (Å²) in [5.41, 5.74) is 0.972. The van der Waals surface area contributed by atoms with E-state index in [0.29, 0.717) is 6.42 Å². The third-order valence-corrected chi connectivity index (χ3v) is 4.05. The molecule has 1 unspecified atom stereocenters. The van der Waals surface area contributed by atoms with Gasteiger partial charge in [0.1, 0.15) is 5.41 Å². The molecule has 106 valence electrons. The minimum atomic E-state index is -0.965. The summed E-state index contributed by atoms with van der Waals surface area (Å²) in [7, 11) is 0. The Bertz CT molecular complexity index is 512. The molecule has 1 amide bonds. The molecule has 0 spiro atoms. The first-order valence-corrected chi connectivity index (χ1v) is 7.17. The van der Waals surface area contributed by atoms with Gasteiger partial charge in [-0.2, -0.15) is 5.26 Å². The highest BCUT2D eigenvalue weighted by Gasteiger charge is 2.31. The number of amides is 1. The van der Waals surface area contributed by atoms with E-state index >= 15 is 0 Å². The van der Waals surface area contributed by atoms with Crippen LogP contribution in [0.5, 0.6) is 0 Å². The van der Waals surface area contributed by atoms with E-state index in [1.54, 1.807) is 6.92 Å². The first-order valence-electron chi connectivity index (χ1n) is 7.17. The maximum absolute atomic E-state index is 12.1. The number of carbonyl (C=O) groups is 1. The highest BCUT2D eigenvalue weighted by Crippen LogP contribution is 2.25. The highest BCUT2D eigenvalue weighted by molar-refractivity contribution is 5.97. The number of hydrogen-bond acceptors (Lipinski definition) is 3. The van der Waals surface area contributed by atoms with Crippen LogP contribution in [0, 0.1) is 16.7 Å². The van der Waals surface area contributed by atoms with Gasteiger partial charge in [-0.3, -0.25) is 4.79 Å². The van der Waals surface area contributed by atoms with E-state index in [4.69, 9.17) is 5.26 Å². The molecule has 0 aliphatic carbocycles. The van der Waals surface area contributed by atoms with E-state index in [1.807, 2.05) is 31.2 Å². The van der Waals surface area contributed by atoms with Crippen molar-refractivity contribution in [3.63, 3.8) is 0 Å². The van der Waals surface area contributed by atoms with E-state index in [2.05, 4.69) is 16.3 Å². The zero-order valence-electron chi connectivity index (χ0n) is 12.1. The molecule has 1 heterocycles. The number of nitriles is 1. The van der Waals surface area contributed by atoms with Crippen molar-refractivity contribution >= 4 is 17.3 Å². The number of hydrogen-bond donors (Lipinski definition) is 1. The van der Waals surface area contributed by atoms with Crippen molar-refractivity contribution in [1.29, 1.82) is 5.26 Å². The zero-order chi connectivity index (χ0) is 14.6. The summed E-state index contributed by atoms with van der Waals surface area (Å²) in [5.74, 6) is -0.239. The van der Waals surface area contributed by atoms with Gasteiger partial charge in [0.2, 0.25) is 5.91 Å². The Morgan fingerprint density at radius 3 is 2.45 bits per heavy atom. The second-order valence-electron chi connectivity index (χ2n) is 5.49. The number of nitrogens with zero attached hydrogens (tertiary/aromatic N) is 2. The Hall–Kier alpha value is -2.02. The van der Waals surface area contributed by atoms with Gasteiger partial charge < -0.3 is 10.2 Å². The van der Waals surface area contributed by atoms with Gasteiger partial charge in [0.15, 0.2) is 0 Å². The molecule has 4 heteroatoms. The number of rotatable bonds is 4. The van der Waals surface area contributed by atoms with Gasteiger partial charge in [-0.1, -0.05) is 6.92 Å². The van der Waals surface area contributed by atoms with E-state index in [1.165, 1.54) is 18.5 Å². The van der Waals surface area contributed by atoms with Crippen LogP contribution in [0.1, 0.15) is 33.1 Å². The molecule has 1 aliphatic rings. The summed E-state index contributed by atoms with van der Waals surface area (Å²) in [6.07, 6.45) is 2.99. The van der Waals surface area contributed by atoms with Crippen LogP contribution in [0.3, 0.4) is 0 Å². The van der Waals surface area contributed by atoms with Crippen molar-refractivity contribution in [2.45, 2.75) is 33.1 Å². The molecule has 1 saturated heterocycles. The van der Waals surface area contributed by atoms with E-state index < -0.39 is 5.41 Å². The summed E-state index contributed by atoms with van der Waals surface area (Å²) in [4.78, 5) is 14.4. The molecule has 20 heavy (non-hydrogen) atoms. The number of anilines is 2. The summed E-state index contributed by atoms with van der Waals surface area (Å²) in [6.45, 7) is 5.72. The lowest BCUT2D eigenvalue weighted by molar-refractivity contribution is -0.122. The quantitative estimate of drug-likeness (QED) is 0.915. The average Bonchev–Trinajstić information content (AvgIpc) is 3.01. The molecule has 0 aromatic heterocycles. The van der Waals surface area contributed by atoms with Gasteiger partial charge >= 0.3 is 0 Å². The topological polar surface area (TPSA) is 56.1 Å². The van der Waals surface area contributed by atoms with Crippen LogP contribution in [0.25, 0.3) is 0 Å². The Morgan fingerprint density at radius 1 is 1.35 bits per heavy atom. The molecule has 1 aliphatic heterocycles. The fourth-order valence-electron chi connectivity index (χ4n) is 2.29. The van der Waals surface area contributed by atoms with Crippen LogP contribution in [-0.4, -0.2) is 19.0 Å². The van der Waals surface area contributed by atoms with Gasteiger partial charge in [-0.25, -0.2) is 0 Å². The predicted octanol–water partition coefficient (Wildman–Crippen LogP) is 3.17. The Morgan fingerprint density at radius 2 is 1.95 bits per heavy atom. The summed E-state index contributed by atoms with van der Waals surface area (Å²) in [5, 5.41) is 11.9. The lowest BCUT2D eigenvalue weighted by Crippen LogP contribution is -2.31. The molecule has 0 bridgehead atoms. The molecule has 1 N–H and O–H groups in total. The molecular formula is C16H21N3O. The van der Waals surface area contributed by atoms with Crippen molar-refractivity contribution in [1.82, 2.24) is 0 Å². The average molecular weight is 271 g/mol. The van der Waals surface area contributed by atoms with Gasteiger partial charge in [0.25, 0.3) is 0 Å². The van der Waals surface area contributed by atoms with E-state index in [-0.39, 0.29) is 5.91 Å². The molecular weight excluding hydrogens is 250 g/mol. The molecule has 1 atom stereocenters. The van der Waals surface area contributed by atoms with Crippen LogP contribution in [0.15, 0.2) is 24.3 Å². The van der Waals surface area contributed by atoms with E-state index in [0.717, 1.165) is 18.8 Å². The molecule has 2 rings (SSSR count). The van der Waals surface area contributed by atoms with Crippen molar-refractivity contribution in [3.05, 3.63) is 24.3 Å². The van der Waals surface area contributed by atoms with Crippen molar-refractivity contribution < 1.29 is 4.79 Å². The van der Waals surface area contributed by atoms with Gasteiger partial charge in [0, 0.05) is 24.5 Å². The maximum Gasteiger partial charge on any atom is 0.244 e. The molecule has 0 radical (unpaired) electrons. The van der Waals surface area contributed by atoms with Crippen LogP contribution in [0.2, 0.25) is 0 Å². The molecule has 1 aromatic carbocycles. The lowest BCUT2D eigenvalue weighted by Gasteiger charge is -2.20. The van der Waals surface area contributed by atoms with Gasteiger partial charge in [0.05, 0.1) is 6.07 Å². The van der Waals surface area contributed by atoms with Crippen molar-refractivity contribution in [2.24, 2.45) is 5.41 Å². The molecule has 1 aromatic rings. The Balaban J connectivity index is 2.04. The standard InChI is InChI=1S/C16H21N3O/c1-3-16(2,12-17)15(20)18-13-6-8-14(9-7-13)19-10-4-5-11-19/h6-9H,3-5,10-11H2,1-2H3,(H,18,20). The maximum atomic E-state index is 12.1. The Labute approximate surface area is 120 Å². The van der Waals surface area contributed by atoms with E-state index in [9.17, 15) is 4.79 Å². The van der Waals surface area contributed by atoms with Crippen LogP contribution >= 0.6 is 0 Å². The fourth-order valence-corrected chi connectivity index (χ4v) is 2.29. The number of carbonyl (C=O) groups excluding carboxylic acids is 1. The smallest absolute Gasteiger partial charge is 0.244 e. The first-order chi connectivity index (χ1) is 9.59. The first kappa shape index (κ1) is 14.4. The highest BCUT2D eigenvalue weighted by atomic mass is 16.2. The van der Waals surface area contributed by atoms with Crippen LogP contribution < -0.4 is 10.2 Å². The molecule has 4 nitrogen and oxygen atoms in total.